The highest BCUT2D eigenvalue weighted by Crippen LogP contribution is 2.30. The molecule has 2 heterocycles. The number of barbiturate groups is 1. The number of rotatable bonds is 6. The average molecular weight is 375 g/mol. The number of nitrogens with zero attached hydrogens (tertiary/aromatic N) is 2. The zero-order valence-electron chi connectivity index (χ0n) is 15.1. The summed E-state index contributed by atoms with van der Waals surface area (Å²) in [6.07, 6.45) is 1.33. The van der Waals surface area contributed by atoms with E-state index in [1.54, 1.807) is 24.3 Å². The summed E-state index contributed by atoms with van der Waals surface area (Å²) in [4.78, 5) is 43.7. The van der Waals surface area contributed by atoms with Crippen LogP contribution in [0.25, 0.3) is 0 Å². The van der Waals surface area contributed by atoms with Crippen LogP contribution in [0.4, 0.5) is 10.5 Å². The number of hydrogen-bond donors (Lipinski definition) is 2. The van der Waals surface area contributed by atoms with E-state index < -0.39 is 23.8 Å². The van der Waals surface area contributed by atoms with E-state index in [1.165, 1.54) is 18.2 Å². The van der Waals surface area contributed by atoms with Crippen LogP contribution < -0.4 is 19.9 Å². The number of carbonyl (C=O) groups is 3. The minimum absolute atomic E-state index is 0.283. The molecule has 0 radical (unpaired) electrons. The summed E-state index contributed by atoms with van der Waals surface area (Å²) < 4.78 is 10.5. The maximum Gasteiger partial charge on any atom is 0.335 e. The molecule has 3 rings (SSSR count). The van der Waals surface area contributed by atoms with Crippen molar-refractivity contribution in [3.05, 3.63) is 24.3 Å². The van der Waals surface area contributed by atoms with Crippen molar-refractivity contribution in [3.8, 4) is 5.75 Å². The van der Waals surface area contributed by atoms with Crippen molar-refractivity contribution in [2.24, 2.45) is 10.9 Å². The topological polar surface area (TPSA) is 102 Å². The third-order valence-electron chi connectivity index (χ3n) is 4.58. The van der Waals surface area contributed by atoms with Gasteiger partial charge in [0.15, 0.2) is 5.92 Å². The minimum Gasteiger partial charge on any atom is -0.495 e. The first-order valence-electron chi connectivity index (χ1n) is 8.85. The SMILES string of the molecule is COc1ccccc1N1C(=O)NC(=O)[C@@H](C=NCC[NH+]2CCOCC2)C1=O. The third kappa shape index (κ3) is 4.32. The molecule has 2 N–H and O–H groups in total. The summed E-state index contributed by atoms with van der Waals surface area (Å²) in [5, 5.41) is 2.21. The number of quaternary nitrogens is 1. The quantitative estimate of drug-likeness (QED) is 0.485. The number of anilines is 1. The van der Waals surface area contributed by atoms with Crippen LogP contribution in [0.15, 0.2) is 29.3 Å². The highest BCUT2D eigenvalue weighted by atomic mass is 16.5. The number of imide groups is 2. The van der Waals surface area contributed by atoms with Gasteiger partial charge in [-0.2, -0.15) is 0 Å². The molecule has 1 aromatic carbocycles. The summed E-state index contributed by atoms with van der Waals surface area (Å²) in [5.41, 5.74) is 0.283. The van der Waals surface area contributed by atoms with Crippen molar-refractivity contribution in [1.82, 2.24) is 5.32 Å². The molecule has 0 aromatic heterocycles. The summed E-state index contributed by atoms with van der Waals surface area (Å²) in [7, 11) is 1.45. The molecule has 1 aromatic rings. The molecule has 0 bridgehead atoms. The summed E-state index contributed by atoms with van der Waals surface area (Å²) in [6.45, 7) is 4.62. The number of para-hydroxylation sites is 2. The fourth-order valence-corrected chi connectivity index (χ4v) is 3.08. The molecule has 0 unspecified atom stereocenters. The first-order chi connectivity index (χ1) is 13.1. The van der Waals surface area contributed by atoms with Crippen molar-refractivity contribution < 1.29 is 28.8 Å². The van der Waals surface area contributed by atoms with Crippen molar-refractivity contribution >= 4 is 29.7 Å². The van der Waals surface area contributed by atoms with Crippen molar-refractivity contribution in [2.45, 2.75) is 0 Å². The third-order valence-corrected chi connectivity index (χ3v) is 4.58. The largest absolute Gasteiger partial charge is 0.495 e. The first kappa shape index (κ1) is 19.0. The number of nitrogens with one attached hydrogen (secondary N) is 2. The predicted octanol–water partition coefficient (Wildman–Crippen LogP) is -1.12. The van der Waals surface area contributed by atoms with E-state index in [0.29, 0.717) is 12.3 Å². The maximum atomic E-state index is 12.8. The Hall–Kier alpha value is -2.78. The molecule has 27 heavy (non-hydrogen) atoms. The number of amides is 4. The molecule has 2 fully saturated rings. The van der Waals surface area contributed by atoms with Gasteiger partial charge in [-0.25, -0.2) is 9.69 Å². The lowest BCUT2D eigenvalue weighted by atomic mass is 10.1. The lowest BCUT2D eigenvalue weighted by Gasteiger charge is -2.29. The second-order valence-electron chi connectivity index (χ2n) is 6.29. The average Bonchev–Trinajstić information content (AvgIpc) is 2.68. The zero-order chi connectivity index (χ0) is 19.2. The molecular weight excluding hydrogens is 352 g/mol. The summed E-state index contributed by atoms with van der Waals surface area (Å²) >= 11 is 0. The number of benzene rings is 1. The molecule has 0 spiro atoms. The number of aliphatic imine (C=N–C) groups is 1. The highest BCUT2D eigenvalue weighted by molar-refractivity contribution is 6.32. The zero-order valence-corrected chi connectivity index (χ0v) is 15.1. The van der Waals surface area contributed by atoms with Crippen molar-refractivity contribution in [1.29, 1.82) is 0 Å². The van der Waals surface area contributed by atoms with Crippen LogP contribution in [0.1, 0.15) is 0 Å². The monoisotopic (exact) mass is 375 g/mol. The standard InChI is InChI=1S/C18H22N4O5/c1-26-15-5-3-2-4-14(15)22-17(24)13(16(23)20-18(22)25)12-19-6-7-21-8-10-27-11-9-21/h2-5,12-13H,6-11H2,1H3,(H,20,23,25)/p+1/t13-/m1/s1. The van der Waals surface area contributed by atoms with E-state index in [4.69, 9.17) is 9.47 Å². The van der Waals surface area contributed by atoms with Gasteiger partial charge in [-0.3, -0.25) is 19.9 Å². The first-order valence-corrected chi connectivity index (χ1v) is 8.85. The lowest BCUT2D eigenvalue weighted by molar-refractivity contribution is -0.906. The summed E-state index contributed by atoms with van der Waals surface area (Å²) in [5.74, 6) is -2.09. The van der Waals surface area contributed by atoms with Gasteiger partial charge < -0.3 is 14.4 Å². The van der Waals surface area contributed by atoms with Crippen LogP contribution in [0.2, 0.25) is 0 Å². The molecule has 4 amide bonds. The van der Waals surface area contributed by atoms with Gasteiger partial charge in [-0.15, -0.1) is 0 Å². The van der Waals surface area contributed by atoms with E-state index in [1.807, 2.05) is 0 Å². The molecule has 1 atom stereocenters. The van der Waals surface area contributed by atoms with E-state index in [2.05, 4.69) is 10.3 Å². The maximum absolute atomic E-state index is 12.8. The van der Waals surface area contributed by atoms with Crippen LogP contribution >= 0.6 is 0 Å². The van der Waals surface area contributed by atoms with Gasteiger partial charge in [0, 0.05) is 6.21 Å². The number of morpholine rings is 1. The van der Waals surface area contributed by atoms with Crippen molar-refractivity contribution in [3.63, 3.8) is 0 Å². The second-order valence-corrected chi connectivity index (χ2v) is 6.29. The van der Waals surface area contributed by atoms with E-state index in [0.717, 1.165) is 37.7 Å². The van der Waals surface area contributed by atoms with Crippen LogP contribution in [-0.2, 0) is 14.3 Å². The van der Waals surface area contributed by atoms with E-state index in [9.17, 15) is 14.4 Å². The van der Waals surface area contributed by atoms with Crippen LogP contribution in [0.3, 0.4) is 0 Å². The fourth-order valence-electron chi connectivity index (χ4n) is 3.08. The molecular formula is C18H23N4O5+. The van der Waals surface area contributed by atoms with Gasteiger partial charge in [0.25, 0.3) is 5.91 Å². The Labute approximate surface area is 156 Å². The molecule has 9 heteroatoms. The number of urea groups is 1. The molecule has 2 aliphatic heterocycles. The number of carbonyl (C=O) groups excluding carboxylic acids is 3. The Balaban J connectivity index is 1.69. The van der Waals surface area contributed by atoms with Gasteiger partial charge >= 0.3 is 6.03 Å². The lowest BCUT2D eigenvalue weighted by Crippen LogP contribution is -3.14. The van der Waals surface area contributed by atoms with Gasteiger partial charge in [0.05, 0.1) is 39.1 Å². The predicted molar refractivity (Wildman–Crippen MR) is 97.3 cm³/mol. The molecule has 144 valence electrons. The minimum atomic E-state index is -1.15. The van der Waals surface area contributed by atoms with Crippen LogP contribution in [0.5, 0.6) is 5.75 Å². The number of hydrogen-bond acceptors (Lipinski definition) is 6. The van der Waals surface area contributed by atoms with Crippen molar-refractivity contribution in [2.75, 3.05) is 51.4 Å². The van der Waals surface area contributed by atoms with Gasteiger partial charge in [-0.05, 0) is 12.1 Å². The Morgan fingerprint density at radius 1 is 1.30 bits per heavy atom. The van der Waals surface area contributed by atoms with Gasteiger partial charge in [-0.1, -0.05) is 12.1 Å². The highest BCUT2D eigenvalue weighted by Gasteiger charge is 2.41. The van der Waals surface area contributed by atoms with Crippen LogP contribution in [-0.4, -0.2) is 70.6 Å². The van der Waals surface area contributed by atoms with Gasteiger partial charge in [0.2, 0.25) is 5.91 Å². The smallest absolute Gasteiger partial charge is 0.335 e. The van der Waals surface area contributed by atoms with Gasteiger partial charge in [0.1, 0.15) is 18.8 Å². The molecule has 9 nitrogen and oxygen atoms in total. The van der Waals surface area contributed by atoms with Crippen LogP contribution in [0, 0.1) is 5.92 Å². The molecule has 2 saturated heterocycles. The number of methoxy groups -OCH3 is 1. The Morgan fingerprint density at radius 3 is 2.78 bits per heavy atom. The normalized spacial score (nSPS) is 21.6. The Bertz CT molecular complexity index is 745. The Morgan fingerprint density at radius 2 is 2.04 bits per heavy atom. The fraction of sp³-hybridized carbons (Fsp3) is 0.444. The summed E-state index contributed by atoms with van der Waals surface area (Å²) in [6, 6.07) is 5.84. The van der Waals surface area contributed by atoms with E-state index in [-0.39, 0.29) is 5.69 Å². The Kier molecular flexibility index (Phi) is 6.15. The molecule has 2 aliphatic rings. The van der Waals surface area contributed by atoms with E-state index >= 15 is 0 Å². The molecule has 0 aliphatic carbocycles. The second kappa shape index (κ2) is 8.74. The molecule has 0 saturated carbocycles. The number of ether oxygens (including phenoxy) is 2.